The topological polar surface area (TPSA) is 45.5 Å². The van der Waals surface area contributed by atoms with Gasteiger partial charge < -0.3 is 14.6 Å². The minimum absolute atomic E-state index is 0.0138. The van der Waals surface area contributed by atoms with Crippen LogP contribution < -0.4 is 0 Å². The zero-order valence-electron chi connectivity index (χ0n) is 13.0. The number of rotatable bonds is 4. The lowest BCUT2D eigenvalue weighted by molar-refractivity contribution is -0.135. The van der Waals surface area contributed by atoms with Gasteiger partial charge in [0.15, 0.2) is 0 Å². The van der Waals surface area contributed by atoms with Crippen LogP contribution in [0.15, 0.2) is 48.7 Å². The first kappa shape index (κ1) is 14.9. The molecule has 3 atom stereocenters. The van der Waals surface area contributed by atoms with E-state index in [2.05, 4.69) is 10.6 Å². The average molecular weight is 298 g/mol. The molecule has 1 saturated heterocycles. The molecular formula is C18H22N2O2. The number of aromatic nitrogens is 1. The first-order valence-corrected chi connectivity index (χ1v) is 7.72. The molecule has 0 aliphatic carbocycles. The van der Waals surface area contributed by atoms with Crippen LogP contribution in [0.2, 0.25) is 0 Å². The van der Waals surface area contributed by atoms with E-state index in [0.717, 1.165) is 17.7 Å². The molecule has 22 heavy (non-hydrogen) atoms. The molecule has 2 aromatic rings. The summed E-state index contributed by atoms with van der Waals surface area (Å²) in [5.41, 5.74) is 2.10. The maximum atomic E-state index is 12.7. The number of benzene rings is 1. The van der Waals surface area contributed by atoms with Crippen molar-refractivity contribution in [3.8, 4) is 0 Å². The minimum atomic E-state index is -0.293. The highest BCUT2D eigenvalue weighted by Gasteiger charge is 2.42. The molecule has 1 amide bonds. The largest absolute Gasteiger partial charge is 0.394 e. The molecule has 2 heterocycles. The second kappa shape index (κ2) is 5.97. The predicted molar refractivity (Wildman–Crippen MR) is 85.0 cm³/mol. The summed E-state index contributed by atoms with van der Waals surface area (Å²) in [6.07, 6.45) is 2.79. The first-order valence-electron chi connectivity index (χ1n) is 7.72. The summed E-state index contributed by atoms with van der Waals surface area (Å²) in [5.74, 6) is 0.103. The number of amides is 1. The molecule has 1 aromatic heterocycles. The Balaban J connectivity index is 2.01. The van der Waals surface area contributed by atoms with Crippen LogP contribution in [0.5, 0.6) is 0 Å². The van der Waals surface area contributed by atoms with Crippen LogP contribution in [0.3, 0.4) is 0 Å². The number of likely N-dealkylation sites (tertiary alicyclic amines) is 1. The van der Waals surface area contributed by atoms with Crippen molar-refractivity contribution in [1.82, 2.24) is 9.47 Å². The van der Waals surface area contributed by atoms with Gasteiger partial charge in [0, 0.05) is 24.9 Å². The predicted octanol–water partition coefficient (Wildman–Crippen LogP) is 2.67. The zero-order valence-corrected chi connectivity index (χ0v) is 13.0. The number of carbonyl (C=O) groups is 1. The fourth-order valence-corrected chi connectivity index (χ4v) is 3.44. The van der Waals surface area contributed by atoms with Gasteiger partial charge in [-0.1, -0.05) is 37.3 Å². The summed E-state index contributed by atoms with van der Waals surface area (Å²) >= 11 is 0. The molecule has 1 unspecified atom stereocenters. The smallest absolute Gasteiger partial charge is 0.226 e. The molecule has 1 fully saturated rings. The monoisotopic (exact) mass is 298 g/mol. The Kier molecular flexibility index (Phi) is 4.03. The third-order valence-electron chi connectivity index (χ3n) is 4.61. The van der Waals surface area contributed by atoms with Crippen molar-refractivity contribution in [3.05, 3.63) is 59.9 Å². The highest BCUT2D eigenvalue weighted by molar-refractivity contribution is 5.82. The van der Waals surface area contributed by atoms with E-state index in [4.69, 9.17) is 0 Å². The lowest BCUT2D eigenvalue weighted by atomic mass is 10.0. The molecule has 0 saturated carbocycles. The minimum Gasteiger partial charge on any atom is -0.394 e. The van der Waals surface area contributed by atoms with Crippen molar-refractivity contribution >= 4 is 5.91 Å². The standard InChI is InChI=1S/C18H22N2O2/c1-13-11-16(15-9-6-10-19(15)2)20(18(13)22)17(12-21)14-7-4-3-5-8-14/h3-10,13,16-17,21H,11-12H2,1-2H3/t13?,16-,17+/m1/s1. The molecule has 4 heteroatoms. The van der Waals surface area contributed by atoms with Gasteiger partial charge in [-0.3, -0.25) is 4.79 Å². The molecule has 1 aliphatic heterocycles. The van der Waals surface area contributed by atoms with E-state index >= 15 is 0 Å². The maximum absolute atomic E-state index is 12.7. The summed E-state index contributed by atoms with van der Waals surface area (Å²) in [4.78, 5) is 14.6. The zero-order chi connectivity index (χ0) is 15.7. The molecule has 116 valence electrons. The van der Waals surface area contributed by atoms with Crippen LogP contribution in [0.25, 0.3) is 0 Å². The lowest BCUT2D eigenvalue weighted by Crippen LogP contribution is -2.35. The first-order chi connectivity index (χ1) is 10.6. The van der Waals surface area contributed by atoms with Crippen molar-refractivity contribution in [2.75, 3.05) is 6.61 Å². The molecule has 1 aliphatic rings. The van der Waals surface area contributed by atoms with Crippen molar-refractivity contribution in [3.63, 3.8) is 0 Å². The van der Waals surface area contributed by atoms with Crippen molar-refractivity contribution in [1.29, 1.82) is 0 Å². The molecule has 0 spiro atoms. The fourth-order valence-electron chi connectivity index (χ4n) is 3.44. The van der Waals surface area contributed by atoms with E-state index in [1.54, 1.807) is 0 Å². The third-order valence-corrected chi connectivity index (χ3v) is 4.61. The van der Waals surface area contributed by atoms with Gasteiger partial charge in [0.1, 0.15) is 0 Å². The molecular weight excluding hydrogens is 276 g/mol. The van der Waals surface area contributed by atoms with Crippen molar-refractivity contribution < 1.29 is 9.90 Å². The van der Waals surface area contributed by atoms with E-state index in [1.165, 1.54) is 0 Å². The number of hydrogen-bond acceptors (Lipinski definition) is 2. The molecule has 0 bridgehead atoms. The number of aliphatic hydroxyl groups excluding tert-OH is 1. The van der Waals surface area contributed by atoms with E-state index in [1.807, 2.05) is 61.5 Å². The number of carbonyl (C=O) groups excluding carboxylic acids is 1. The lowest BCUT2D eigenvalue weighted by Gasteiger charge is -2.33. The Bertz CT molecular complexity index is 650. The quantitative estimate of drug-likeness (QED) is 0.943. The number of hydrogen-bond donors (Lipinski definition) is 1. The van der Waals surface area contributed by atoms with Gasteiger partial charge >= 0.3 is 0 Å². The van der Waals surface area contributed by atoms with Crippen LogP contribution in [0.1, 0.15) is 36.7 Å². The third kappa shape index (κ3) is 2.44. The summed E-state index contributed by atoms with van der Waals surface area (Å²) in [6.45, 7) is 1.90. The van der Waals surface area contributed by atoms with Crippen LogP contribution >= 0.6 is 0 Å². The Labute approximate surface area is 131 Å². The van der Waals surface area contributed by atoms with Gasteiger partial charge in [-0.15, -0.1) is 0 Å². The van der Waals surface area contributed by atoms with Gasteiger partial charge in [0.2, 0.25) is 5.91 Å². The average Bonchev–Trinajstić information content (AvgIpc) is 3.07. The molecule has 1 N–H and O–H groups in total. The van der Waals surface area contributed by atoms with E-state index < -0.39 is 0 Å². The maximum Gasteiger partial charge on any atom is 0.226 e. The summed E-state index contributed by atoms with van der Waals surface area (Å²) in [5, 5.41) is 9.93. The normalized spacial score (nSPS) is 23.0. The van der Waals surface area contributed by atoms with E-state index in [0.29, 0.717) is 0 Å². The number of nitrogens with zero attached hydrogens (tertiary/aromatic N) is 2. The van der Waals surface area contributed by atoms with Crippen molar-refractivity contribution in [2.45, 2.75) is 25.4 Å². The fraction of sp³-hybridized carbons (Fsp3) is 0.389. The summed E-state index contributed by atoms with van der Waals surface area (Å²) in [6, 6.07) is 13.6. The molecule has 0 radical (unpaired) electrons. The summed E-state index contributed by atoms with van der Waals surface area (Å²) in [7, 11) is 2.00. The molecule has 1 aromatic carbocycles. The summed E-state index contributed by atoms with van der Waals surface area (Å²) < 4.78 is 2.06. The van der Waals surface area contributed by atoms with Gasteiger partial charge in [0.05, 0.1) is 18.7 Å². The van der Waals surface area contributed by atoms with Gasteiger partial charge in [-0.2, -0.15) is 0 Å². The number of aryl methyl sites for hydroxylation is 1. The van der Waals surface area contributed by atoms with Gasteiger partial charge in [-0.25, -0.2) is 0 Å². The van der Waals surface area contributed by atoms with E-state index in [9.17, 15) is 9.90 Å². The van der Waals surface area contributed by atoms with Gasteiger partial charge in [0.25, 0.3) is 0 Å². The second-order valence-corrected chi connectivity index (χ2v) is 6.05. The highest BCUT2D eigenvalue weighted by Crippen LogP contribution is 2.41. The SMILES string of the molecule is CC1C[C@H](c2cccn2C)N([C@@H](CO)c2ccccc2)C1=O. The number of aliphatic hydroxyl groups is 1. The highest BCUT2D eigenvalue weighted by atomic mass is 16.3. The Hall–Kier alpha value is -2.07. The van der Waals surface area contributed by atoms with Crippen LogP contribution in [-0.4, -0.2) is 27.1 Å². The van der Waals surface area contributed by atoms with Crippen LogP contribution in [-0.2, 0) is 11.8 Å². The Morgan fingerprint density at radius 1 is 1.23 bits per heavy atom. The van der Waals surface area contributed by atoms with Crippen molar-refractivity contribution in [2.24, 2.45) is 13.0 Å². The Morgan fingerprint density at radius 2 is 1.95 bits per heavy atom. The van der Waals surface area contributed by atoms with E-state index in [-0.39, 0.29) is 30.5 Å². The Morgan fingerprint density at radius 3 is 2.55 bits per heavy atom. The van der Waals surface area contributed by atoms with Crippen LogP contribution in [0, 0.1) is 5.92 Å². The van der Waals surface area contributed by atoms with Crippen LogP contribution in [0.4, 0.5) is 0 Å². The molecule has 4 nitrogen and oxygen atoms in total. The molecule has 3 rings (SSSR count). The van der Waals surface area contributed by atoms with Gasteiger partial charge in [-0.05, 0) is 24.1 Å². The second-order valence-electron chi connectivity index (χ2n) is 6.05.